The van der Waals surface area contributed by atoms with Gasteiger partial charge in [0.2, 0.25) is 0 Å². The fourth-order valence-corrected chi connectivity index (χ4v) is 4.96. The van der Waals surface area contributed by atoms with E-state index < -0.39 is 5.97 Å². The molecule has 0 unspecified atom stereocenters. The van der Waals surface area contributed by atoms with E-state index in [0.29, 0.717) is 28.8 Å². The van der Waals surface area contributed by atoms with E-state index in [0.717, 1.165) is 31.7 Å². The third-order valence-corrected chi connectivity index (χ3v) is 7.06. The maximum Gasteiger partial charge on any atom is 0.342 e. The van der Waals surface area contributed by atoms with Gasteiger partial charge in [0.15, 0.2) is 5.76 Å². The van der Waals surface area contributed by atoms with E-state index in [4.69, 9.17) is 14.9 Å². The topological polar surface area (TPSA) is 114 Å². The average molecular weight is 528 g/mol. The number of esters is 1. The number of carbonyl (C=O) groups excluding carboxylic acids is 2. The number of ether oxygens (including phenoxy) is 1. The Labute approximate surface area is 227 Å². The third-order valence-electron chi connectivity index (χ3n) is 7.06. The van der Waals surface area contributed by atoms with Gasteiger partial charge in [-0.2, -0.15) is 0 Å². The van der Waals surface area contributed by atoms with Gasteiger partial charge in [0.25, 0.3) is 5.91 Å². The Morgan fingerprint density at radius 3 is 2.51 bits per heavy atom. The zero-order valence-electron chi connectivity index (χ0n) is 22.5. The SMILES string of the molecule is CCOC(=O)c1c(C)nc2ccc(NC(=O)c3occc3CN3CCN(c4ccc(C)cc4)CC3)cc2c1N. The number of amides is 1. The largest absolute Gasteiger partial charge is 0.462 e. The van der Waals surface area contributed by atoms with Crippen LogP contribution in [0.1, 0.15) is 44.7 Å². The number of nitrogen functional groups attached to an aromatic ring is 1. The number of fused-ring (bicyclic) bond motifs is 1. The number of aryl methyl sites for hydroxylation is 2. The Morgan fingerprint density at radius 2 is 1.79 bits per heavy atom. The van der Waals surface area contributed by atoms with Gasteiger partial charge >= 0.3 is 5.97 Å². The molecule has 4 aromatic rings. The summed E-state index contributed by atoms with van der Waals surface area (Å²) in [6, 6.07) is 15.7. The maximum absolute atomic E-state index is 13.2. The third kappa shape index (κ3) is 5.58. The van der Waals surface area contributed by atoms with Crippen LogP contribution < -0.4 is 16.0 Å². The number of aromatic nitrogens is 1. The fraction of sp³-hybridized carbons (Fsp3) is 0.300. The minimum atomic E-state index is -0.517. The number of hydrogen-bond donors (Lipinski definition) is 2. The lowest BCUT2D eigenvalue weighted by molar-refractivity contribution is 0.0526. The molecule has 1 saturated heterocycles. The number of nitrogens with one attached hydrogen (secondary N) is 1. The van der Waals surface area contributed by atoms with Crippen LogP contribution in [0.3, 0.4) is 0 Å². The lowest BCUT2D eigenvalue weighted by Gasteiger charge is -2.36. The molecule has 0 radical (unpaired) electrons. The first-order chi connectivity index (χ1) is 18.8. The van der Waals surface area contributed by atoms with Crippen molar-refractivity contribution < 1.29 is 18.7 Å². The van der Waals surface area contributed by atoms with E-state index in [2.05, 4.69) is 51.3 Å². The number of carbonyl (C=O) groups is 2. The highest BCUT2D eigenvalue weighted by Crippen LogP contribution is 2.29. The monoisotopic (exact) mass is 527 g/mol. The summed E-state index contributed by atoms with van der Waals surface area (Å²) >= 11 is 0. The van der Waals surface area contributed by atoms with Crippen molar-refractivity contribution in [2.45, 2.75) is 27.3 Å². The Morgan fingerprint density at radius 1 is 1.05 bits per heavy atom. The minimum Gasteiger partial charge on any atom is -0.462 e. The van der Waals surface area contributed by atoms with Gasteiger partial charge < -0.3 is 25.1 Å². The summed E-state index contributed by atoms with van der Waals surface area (Å²) in [5, 5.41) is 3.47. The highest BCUT2D eigenvalue weighted by atomic mass is 16.5. The van der Waals surface area contributed by atoms with E-state index in [1.807, 2.05) is 6.07 Å². The second-order valence-corrected chi connectivity index (χ2v) is 9.77. The molecule has 5 rings (SSSR count). The van der Waals surface area contributed by atoms with Gasteiger partial charge in [-0.25, -0.2) is 4.79 Å². The van der Waals surface area contributed by atoms with Crippen molar-refractivity contribution in [2.75, 3.05) is 48.7 Å². The molecule has 1 amide bonds. The van der Waals surface area contributed by atoms with E-state index in [1.54, 1.807) is 38.3 Å². The summed E-state index contributed by atoms with van der Waals surface area (Å²) in [5.74, 6) is -0.591. The molecule has 1 fully saturated rings. The summed E-state index contributed by atoms with van der Waals surface area (Å²) in [6.07, 6.45) is 1.55. The molecule has 9 heteroatoms. The molecule has 0 bridgehead atoms. The van der Waals surface area contributed by atoms with Crippen LogP contribution in [-0.2, 0) is 11.3 Å². The van der Waals surface area contributed by atoms with E-state index in [9.17, 15) is 9.59 Å². The molecule has 2 aromatic carbocycles. The summed E-state index contributed by atoms with van der Waals surface area (Å²) in [7, 11) is 0. The maximum atomic E-state index is 13.2. The van der Waals surface area contributed by atoms with Gasteiger partial charge in [0, 0.05) is 55.0 Å². The van der Waals surface area contributed by atoms with Crippen LogP contribution in [0.15, 0.2) is 59.2 Å². The van der Waals surface area contributed by atoms with E-state index in [1.165, 1.54) is 11.3 Å². The number of benzene rings is 2. The summed E-state index contributed by atoms with van der Waals surface area (Å²) in [6.45, 7) is 10.0. The average Bonchev–Trinajstić information content (AvgIpc) is 3.38. The molecule has 0 saturated carbocycles. The first-order valence-corrected chi connectivity index (χ1v) is 13.1. The second-order valence-electron chi connectivity index (χ2n) is 9.77. The number of nitrogens with zero attached hydrogens (tertiary/aromatic N) is 3. The molecule has 0 atom stereocenters. The molecule has 202 valence electrons. The van der Waals surface area contributed by atoms with Crippen LogP contribution in [0.2, 0.25) is 0 Å². The molecule has 1 aliphatic rings. The summed E-state index contributed by atoms with van der Waals surface area (Å²) < 4.78 is 10.7. The Hall–Kier alpha value is -4.37. The van der Waals surface area contributed by atoms with Crippen molar-refractivity contribution in [1.82, 2.24) is 9.88 Å². The molecule has 2 aromatic heterocycles. The highest BCUT2D eigenvalue weighted by Gasteiger charge is 2.23. The summed E-state index contributed by atoms with van der Waals surface area (Å²) in [4.78, 5) is 34.8. The normalized spacial score (nSPS) is 14.0. The van der Waals surface area contributed by atoms with Crippen molar-refractivity contribution >= 4 is 39.8 Å². The Bertz CT molecular complexity index is 1500. The Kier molecular flexibility index (Phi) is 7.51. The van der Waals surface area contributed by atoms with Crippen LogP contribution in [0.4, 0.5) is 17.1 Å². The first-order valence-electron chi connectivity index (χ1n) is 13.1. The van der Waals surface area contributed by atoms with Crippen LogP contribution in [0.5, 0.6) is 0 Å². The molecule has 3 heterocycles. The van der Waals surface area contributed by atoms with Crippen molar-refractivity contribution in [2.24, 2.45) is 0 Å². The van der Waals surface area contributed by atoms with E-state index in [-0.39, 0.29) is 29.5 Å². The van der Waals surface area contributed by atoms with Crippen LogP contribution in [-0.4, -0.2) is 54.5 Å². The molecule has 0 spiro atoms. The standard InChI is InChI=1S/C30H33N5O4/c1-4-38-30(37)26-20(3)32-25-10-7-22(17-24(25)27(26)31)33-29(36)28-21(11-16-39-28)18-34-12-14-35(15-13-34)23-8-5-19(2)6-9-23/h5-11,16-17H,4,12-15,18H2,1-3H3,(H2,31,32)(H,33,36). The molecular formula is C30H33N5O4. The van der Waals surface area contributed by atoms with Crippen LogP contribution in [0.25, 0.3) is 10.9 Å². The summed E-state index contributed by atoms with van der Waals surface area (Å²) in [5.41, 5.74) is 11.8. The second kappa shape index (κ2) is 11.2. The van der Waals surface area contributed by atoms with Gasteiger partial charge in [-0.05, 0) is 57.2 Å². The van der Waals surface area contributed by atoms with E-state index >= 15 is 0 Å². The lowest BCUT2D eigenvalue weighted by Crippen LogP contribution is -2.46. The van der Waals surface area contributed by atoms with Crippen molar-refractivity contribution in [3.05, 3.63) is 82.9 Å². The number of pyridine rings is 1. The number of piperazine rings is 1. The predicted octanol–water partition coefficient (Wildman–Crippen LogP) is 4.78. The van der Waals surface area contributed by atoms with Crippen molar-refractivity contribution in [3.63, 3.8) is 0 Å². The number of rotatable bonds is 7. The quantitative estimate of drug-likeness (QED) is 0.330. The van der Waals surface area contributed by atoms with Gasteiger partial charge in [-0.15, -0.1) is 0 Å². The zero-order chi connectivity index (χ0) is 27.5. The molecule has 1 aliphatic heterocycles. The van der Waals surface area contributed by atoms with Crippen LogP contribution in [0, 0.1) is 13.8 Å². The predicted molar refractivity (Wildman–Crippen MR) is 152 cm³/mol. The first kappa shape index (κ1) is 26.2. The molecular weight excluding hydrogens is 494 g/mol. The van der Waals surface area contributed by atoms with Gasteiger partial charge in [-0.1, -0.05) is 17.7 Å². The zero-order valence-corrected chi connectivity index (χ0v) is 22.5. The number of furan rings is 1. The minimum absolute atomic E-state index is 0.236. The number of hydrogen-bond acceptors (Lipinski definition) is 8. The lowest BCUT2D eigenvalue weighted by atomic mass is 10.1. The van der Waals surface area contributed by atoms with Crippen LogP contribution >= 0.6 is 0 Å². The fourth-order valence-electron chi connectivity index (χ4n) is 4.96. The Balaban J connectivity index is 1.27. The molecule has 3 N–H and O–H groups in total. The van der Waals surface area contributed by atoms with Crippen molar-refractivity contribution in [1.29, 1.82) is 0 Å². The number of nitrogens with two attached hydrogens (primary N) is 1. The van der Waals surface area contributed by atoms with Crippen molar-refractivity contribution in [3.8, 4) is 0 Å². The van der Waals surface area contributed by atoms with Gasteiger partial charge in [0.1, 0.15) is 5.56 Å². The molecule has 39 heavy (non-hydrogen) atoms. The number of anilines is 3. The molecule has 9 nitrogen and oxygen atoms in total. The van der Waals surface area contributed by atoms with Gasteiger partial charge in [0.05, 0.1) is 29.8 Å². The van der Waals surface area contributed by atoms with Gasteiger partial charge in [-0.3, -0.25) is 14.7 Å². The molecule has 0 aliphatic carbocycles. The smallest absolute Gasteiger partial charge is 0.342 e. The highest BCUT2D eigenvalue weighted by molar-refractivity contribution is 6.08.